The van der Waals surface area contributed by atoms with Gasteiger partial charge in [0.25, 0.3) is 5.91 Å². The number of hydrogen-bond donors (Lipinski definition) is 3. The van der Waals surface area contributed by atoms with Crippen LogP contribution in [0, 0.1) is 0 Å². The van der Waals surface area contributed by atoms with E-state index in [4.69, 9.17) is 20.3 Å². The average molecular weight is 527 g/mol. The SMILES string of the molecule is C=CCOc1ccccc1N.C=CCOc1ccccc1NC=C1C(=O)N(c2ccc(C(=O)O)cc2)N=C1C. The van der Waals surface area contributed by atoms with Crippen molar-refractivity contribution in [3.8, 4) is 11.5 Å². The Morgan fingerprint density at radius 3 is 2.18 bits per heavy atom. The number of carboxylic acids is 1. The molecule has 4 N–H and O–H groups in total. The molecule has 0 bridgehead atoms. The lowest BCUT2D eigenvalue weighted by Crippen LogP contribution is -2.21. The summed E-state index contributed by atoms with van der Waals surface area (Å²) >= 11 is 0. The molecule has 0 aliphatic carbocycles. The van der Waals surface area contributed by atoms with E-state index < -0.39 is 5.97 Å². The zero-order valence-corrected chi connectivity index (χ0v) is 21.5. The third-order valence-corrected chi connectivity index (χ3v) is 5.31. The van der Waals surface area contributed by atoms with Crippen molar-refractivity contribution >= 4 is 34.7 Å². The van der Waals surface area contributed by atoms with E-state index in [-0.39, 0.29) is 11.5 Å². The summed E-state index contributed by atoms with van der Waals surface area (Å²) < 4.78 is 10.8. The molecule has 1 aliphatic rings. The van der Waals surface area contributed by atoms with Crippen LogP contribution < -0.4 is 25.5 Å². The predicted octanol–water partition coefficient (Wildman–Crippen LogP) is 5.50. The van der Waals surface area contributed by atoms with Gasteiger partial charge in [-0.3, -0.25) is 4.79 Å². The largest absolute Gasteiger partial charge is 0.487 e. The fourth-order valence-electron chi connectivity index (χ4n) is 3.38. The predicted molar refractivity (Wildman–Crippen MR) is 154 cm³/mol. The number of hydrazone groups is 1. The Labute approximate surface area is 227 Å². The molecule has 3 aromatic carbocycles. The first-order chi connectivity index (χ1) is 18.8. The van der Waals surface area contributed by atoms with Crippen LogP contribution in [0.3, 0.4) is 0 Å². The maximum atomic E-state index is 12.8. The fourth-order valence-corrected chi connectivity index (χ4v) is 3.38. The molecule has 0 saturated carbocycles. The van der Waals surface area contributed by atoms with Crippen LogP contribution in [-0.4, -0.2) is 35.9 Å². The molecule has 1 heterocycles. The number of anilines is 3. The third kappa shape index (κ3) is 7.59. The molecule has 200 valence electrons. The number of nitrogen functional groups attached to an aromatic ring is 1. The molecule has 0 unspecified atom stereocenters. The van der Waals surface area contributed by atoms with Crippen LogP contribution >= 0.6 is 0 Å². The van der Waals surface area contributed by atoms with Crippen molar-refractivity contribution in [1.29, 1.82) is 0 Å². The number of rotatable bonds is 10. The van der Waals surface area contributed by atoms with E-state index in [0.717, 1.165) is 0 Å². The van der Waals surface area contributed by atoms with Crippen molar-refractivity contribution in [2.75, 3.05) is 29.3 Å². The topological polar surface area (TPSA) is 126 Å². The molecule has 0 saturated heterocycles. The van der Waals surface area contributed by atoms with Gasteiger partial charge in [-0.05, 0) is 55.5 Å². The highest BCUT2D eigenvalue weighted by molar-refractivity contribution is 6.29. The Morgan fingerprint density at radius 1 is 0.974 bits per heavy atom. The van der Waals surface area contributed by atoms with Crippen LogP contribution in [0.4, 0.5) is 17.1 Å². The second-order valence-corrected chi connectivity index (χ2v) is 8.09. The van der Waals surface area contributed by atoms with Crippen molar-refractivity contribution < 1.29 is 24.2 Å². The summed E-state index contributed by atoms with van der Waals surface area (Å²) in [7, 11) is 0. The highest BCUT2D eigenvalue weighted by Gasteiger charge is 2.29. The summed E-state index contributed by atoms with van der Waals surface area (Å²) in [5.41, 5.74) is 8.56. The minimum Gasteiger partial charge on any atom is -0.487 e. The Balaban J connectivity index is 0.000000320. The molecule has 9 nitrogen and oxygen atoms in total. The highest BCUT2D eigenvalue weighted by atomic mass is 16.5. The summed E-state index contributed by atoms with van der Waals surface area (Å²) in [4.78, 5) is 23.7. The normalized spacial score (nSPS) is 13.2. The second-order valence-electron chi connectivity index (χ2n) is 8.09. The number of carbonyl (C=O) groups is 2. The van der Waals surface area contributed by atoms with Crippen LogP contribution in [0.5, 0.6) is 11.5 Å². The molecule has 0 fully saturated rings. The van der Waals surface area contributed by atoms with Crippen molar-refractivity contribution in [3.63, 3.8) is 0 Å². The number of aromatic carboxylic acids is 1. The van der Waals surface area contributed by atoms with Gasteiger partial charge in [-0.15, -0.1) is 0 Å². The summed E-state index contributed by atoms with van der Waals surface area (Å²) in [5.74, 6) is 0.0199. The molecule has 3 aromatic rings. The first-order valence-corrected chi connectivity index (χ1v) is 12.0. The van der Waals surface area contributed by atoms with Crippen LogP contribution in [-0.2, 0) is 4.79 Å². The van der Waals surface area contributed by atoms with Crippen molar-refractivity contribution in [1.82, 2.24) is 0 Å². The van der Waals surface area contributed by atoms with Crippen LogP contribution in [0.25, 0.3) is 0 Å². The summed E-state index contributed by atoms with van der Waals surface area (Å²) in [6.07, 6.45) is 4.93. The highest BCUT2D eigenvalue weighted by Crippen LogP contribution is 2.27. The van der Waals surface area contributed by atoms with Crippen LogP contribution in [0.1, 0.15) is 17.3 Å². The molecule has 0 atom stereocenters. The smallest absolute Gasteiger partial charge is 0.335 e. The van der Waals surface area contributed by atoms with Gasteiger partial charge in [0.2, 0.25) is 0 Å². The number of nitrogens with zero attached hydrogens (tertiary/aromatic N) is 2. The van der Waals surface area contributed by atoms with Gasteiger partial charge in [0.15, 0.2) is 0 Å². The van der Waals surface area contributed by atoms with E-state index in [1.165, 1.54) is 17.1 Å². The zero-order valence-electron chi connectivity index (χ0n) is 21.5. The standard InChI is InChI=1S/C21H19N3O4.C9H11NO/c1-3-12-28-19-7-5-4-6-18(19)22-13-17-14(2)23-24(20(17)25)16-10-8-15(9-11-16)21(26)27;1-2-7-11-9-6-4-3-5-8(9)10/h3-11,13,22H,1,12H2,2H3,(H,26,27);2-6H,1,7,10H2. The fraction of sp³-hybridized carbons (Fsp3) is 0.100. The van der Waals surface area contributed by atoms with Crippen molar-refractivity contribution in [3.05, 3.63) is 115 Å². The first-order valence-electron chi connectivity index (χ1n) is 12.0. The molecule has 39 heavy (non-hydrogen) atoms. The minimum absolute atomic E-state index is 0.143. The first kappa shape index (κ1) is 28.3. The van der Waals surface area contributed by atoms with E-state index >= 15 is 0 Å². The van der Waals surface area contributed by atoms with Crippen molar-refractivity contribution in [2.45, 2.75) is 6.92 Å². The number of ether oxygens (including phenoxy) is 2. The van der Waals surface area contributed by atoms with Gasteiger partial charge in [0.05, 0.1) is 33.9 Å². The van der Waals surface area contributed by atoms with E-state index in [9.17, 15) is 9.59 Å². The lowest BCUT2D eigenvalue weighted by atomic mass is 10.1. The summed E-state index contributed by atoms with van der Waals surface area (Å²) in [6.45, 7) is 9.77. The second kappa shape index (κ2) is 13.8. The number of para-hydroxylation sites is 4. The summed E-state index contributed by atoms with van der Waals surface area (Å²) in [5, 5.41) is 17.6. The van der Waals surface area contributed by atoms with Crippen LogP contribution in [0.2, 0.25) is 0 Å². The Kier molecular flexibility index (Phi) is 10.0. The van der Waals surface area contributed by atoms with Gasteiger partial charge >= 0.3 is 5.97 Å². The molecular formula is C30H30N4O5. The van der Waals surface area contributed by atoms with E-state index in [1.54, 1.807) is 43.5 Å². The molecule has 1 amide bonds. The molecule has 0 aromatic heterocycles. The Morgan fingerprint density at radius 2 is 1.56 bits per heavy atom. The van der Waals surface area contributed by atoms with Gasteiger partial charge in [-0.2, -0.15) is 10.1 Å². The van der Waals surface area contributed by atoms with E-state index in [1.807, 2.05) is 42.5 Å². The van der Waals surface area contributed by atoms with Gasteiger partial charge in [-0.25, -0.2) is 4.79 Å². The van der Waals surface area contributed by atoms with Gasteiger partial charge in [-0.1, -0.05) is 49.6 Å². The maximum Gasteiger partial charge on any atom is 0.335 e. The van der Waals surface area contributed by atoms with Gasteiger partial charge in [0, 0.05) is 6.20 Å². The molecular weight excluding hydrogens is 496 g/mol. The molecule has 1 aliphatic heterocycles. The number of amides is 1. The van der Waals surface area contributed by atoms with Crippen molar-refractivity contribution in [2.24, 2.45) is 5.10 Å². The number of benzene rings is 3. The maximum absolute atomic E-state index is 12.8. The molecule has 4 rings (SSSR count). The van der Waals surface area contributed by atoms with Gasteiger partial charge < -0.3 is 25.6 Å². The summed E-state index contributed by atoms with van der Waals surface area (Å²) in [6, 6.07) is 20.7. The number of nitrogens with one attached hydrogen (secondary N) is 1. The van der Waals surface area contributed by atoms with Gasteiger partial charge in [0.1, 0.15) is 24.7 Å². The van der Waals surface area contributed by atoms with E-state index in [2.05, 4.69) is 23.6 Å². The zero-order chi connectivity index (χ0) is 28.2. The molecule has 9 heteroatoms. The minimum atomic E-state index is -1.03. The number of hydrogen-bond acceptors (Lipinski definition) is 7. The Hall–Kier alpha value is -5.31. The lowest BCUT2D eigenvalue weighted by Gasteiger charge is -2.12. The number of carboxylic acid groups (broad SMARTS) is 1. The third-order valence-electron chi connectivity index (χ3n) is 5.31. The molecule has 0 spiro atoms. The van der Waals surface area contributed by atoms with Crippen LogP contribution in [0.15, 0.2) is 115 Å². The van der Waals surface area contributed by atoms with E-state index in [0.29, 0.717) is 53.1 Å². The number of carbonyl (C=O) groups excluding carboxylic acids is 1. The lowest BCUT2D eigenvalue weighted by molar-refractivity contribution is -0.114. The molecule has 0 radical (unpaired) electrons. The number of nitrogens with two attached hydrogens (primary N) is 1. The average Bonchev–Trinajstić information content (AvgIpc) is 3.23. The monoisotopic (exact) mass is 526 g/mol. The Bertz CT molecular complexity index is 1400. The quantitative estimate of drug-likeness (QED) is 0.181.